The summed E-state index contributed by atoms with van der Waals surface area (Å²) in [6.07, 6.45) is 1.70. The maximum Gasteiger partial charge on any atom is 1.00 e. The Balaban J connectivity index is -0.0000000625. The number of rotatable bonds is 4. The van der Waals surface area contributed by atoms with Crippen LogP contribution in [0, 0.1) is 0 Å². The van der Waals surface area contributed by atoms with E-state index in [4.69, 9.17) is 0 Å². The molecule has 6 heteroatoms. The van der Waals surface area contributed by atoms with Gasteiger partial charge in [-0.1, -0.05) is 26.7 Å². The van der Waals surface area contributed by atoms with Crippen molar-refractivity contribution < 1.29 is 73.3 Å². The van der Waals surface area contributed by atoms with Gasteiger partial charge in [0.2, 0.25) is 24.0 Å². The number of hydrogen-bond donors (Lipinski definition) is 0. The van der Waals surface area contributed by atoms with Crippen molar-refractivity contribution in [2.45, 2.75) is 39.5 Å². The fraction of sp³-hybridized carbons (Fsp3) is 0.750. The molecule has 0 bridgehead atoms. The molecule has 0 amide bonds. The molecular formula is C8H16INaO4. The predicted molar refractivity (Wildman–Crippen MR) is 42.6 cm³/mol. The molecule has 0 spiro atoms. The molecule has 0 saturated heterocycles. The average Bonchev–Trinajstić information content (AvgIpc) is 1.87. The van der Waals surface area contributed by atoms with Gasteiger partial charge < -0.3 is 19.8 Å². The third kappa shape index (κ3) is 38.8. The fourth-order valence-electron chi connectivity index (χ4n) is 0.408. The summed E-state index contributed by atoms with van der Waals surface area (Å²) >= 11 is 0. The van der Waals surface area contributed by atoms with E-state index in [9.17, 15) is 19.8 Å². The number of halogens is 1. The van der Waals surface area contributed by atoms with E-state index in [1.807, 2.05) is 0 Å². The second-order valence-electron chi connectivity index (χ2n) is 2.24. The van der Waals surface area contributed by atoms with E-state index in [1.54, 1.807) is 13.8 Å². The summed E-state index contributed by atoms with van der Waals surface area (Å²) < 4.78 is 0. The first-order valence-corrected chi connectivity index (χ1v) is 3.94. The normalized spacial score (nSPS) is 7.00. The monoisotopic (exact) mass is 326 g/mol. The third-order valence-corrected chi connectivity index (χ3v) is 0.908. The van der Waals surface area contributed by atoms with Crippen LogP contribution in [0.3, 0.4) is 0 Å². The third-order valence-electron chi connectivity index (χ3n) is 0.908. The number of carbonyl (C=O) groups excluding carboxylic acids is 2. The van der Waals surface area contributed by atoms with Crippen molar-refractivity contribution in [3.05, 3.63) is 0 Å². The summed E-state index contributed by atoms with van der Waals surface area (Å²) in [6.45, 7) is 3.60. The molecule has 14 heavy (non-hydrogen) atoms. The van der Waals surface area contributed by atoms with E-state index in [0.717, 1.165) is 0 Å². The Hall–Kier alpha value is 0.670. The summed E-state index contributed by atoms with van der Waals surface area (Å²) in [5, 5.41) is 19.0. The van der Waals surface area contributed by atoms with Crippen molar-refractivity contribution in [1.29, 1.82) is 0 Å². The average molecular weight is 326 g/mol. The molecule has 0 saturated carbocycles. The molecule has 0 aliphatic rings. The van der Waals surface area contributed by atoms with E-state index in [-0.39, 0.29) is 66.4 Å². The van der Waals surface area contributed by atoms with Gasteiger partial charge in [-0.25, -0.2) is 0 Å². The molecule has 80 valence electrons. The predicted octanol–water partition coefficient (Wildman–Crippen LogP) is -7.45. The molecular weight excluding hydrogens is 310 g/mol. The molecule has 0 aromatic carbocycles. The Morgan fingerprint density at radius 3 is 1.14 bits per heavy atom. The van der Waals surface area contributed by atoms with Gasteiger partial charge in [-0.3, -0.25) is 0 Å². The molecule has 0 N–H and O–H groups in total. The maximum atomic E-state index is 9.49. The van der Waals surface area contributed by atoms with Gasteiger partial charge in [0.1, 0.15) is 0 Å². The van der Waals surface area contributed by atoms with E-state index >= 15 is 0 Å². The summed E-state index contributed by atoms with van der Waals surface area (Å²) in [4.78, 5) is 19.0. The SMILES string of the molecule is CCCC(=O)[O-].CCCC(=O)[O-].[IH2+].[Na+]. The van der Waals surface area contributed by atoms with Crippen LogP contribution < -0.4 is 63.7 Å². The molecule has 0 aromatic heterocycles. The van der Waals surface area contributed by atoms with Gasteiger partial charge in [0.05, 0.1) is 0 Å². The summed E-state index contributed by atoms with van der Waals surface area (Å²) in [7, 11) is 0. The van der Waals surface area contributed by atoms with Crippen LogP contribution >= 0.6 is 0 Å². The van der Waals surface area contributed by atoms with E-state index in [2.05, 4.69) is 0 Å². The van der Waals surface area contributed by atoms with Crippen molar-refractivity contribution in [3.8, 4) is 0 Å². The molecule has 0 aliphatic carbocycles. The van der Waals surface area contributed by atoms with Crippen molar-refractivity contribution in [3.63, 3.8) is 0 Å². The first-order chi connectivity index (χ1) is 5.54. The van der Waals surface area contributed by atoms with Crippen LogP contribution in [0.5, 0.6) is 0 Å². The molecule has 0 fully saturated rings. The van der Waals surface area contributed by atoms with Crippen LogP contribution in [0.1, 0.15) is 39.5 Å². The fourth-order valence-corrected chi connectivity index (χ4v) is 0.408. The zero-order valence-electron chi connectivity index (χ0n) is 8.91. The molecule has 0 radical (unpaired) electrons. The number of aliphatic carboxylic acids is 2. The van der Waals surface area contributed by atoms with Gasteiger partial charge >= 0.3 is 29.6 Å². The van der Waals surface area contributed by atoms with Crippen molar-refractivity contribution in [2.75, 3.05) is 0 Å². The molecule has 0 rings (SSSR count). The van der Waals surface area contributed by atoms with Crippen LogP contribution in [0.4, 0.5) is 0 Å². The Bertz CT molecular complexity index is 125. The van der Waals surface area contributed by atoms with Gasteiger partial charge in [0.15, 0.2) is 0 Å². The van der Waals surface area contributed by atoms with Crippen LogP contribution in [0.2, 0.25) is 0 Å². The quantitative estimate of drug-likeness (QED) is 0.380. The summed E-state index contributed by atoms with van der Waals surface area (Å²) in [5.74, 6) is -1.92. The van der Waals surface area contributed by atoms with Crippen LogP contribution in [-0.4, -0.2) is 11.9 Å². The molecule has 0 atom stereocenters. The van der Waals surface area contributed by atoms with E-state index in [1.165, 1.54) is 0 Å². The first-order valence-electron chi connectivity index (χ1n) is 3.94. The molecule has 4 nitrogen and oxygen atoms in total. The largest absolute Gasteiger partial charge is 1.00 e. The van der Waals surface area contributed by atoms with Crippen molar-refractivity contribution in [2.24, 2.45) is 0 Å². The van der Waals surface area contributed by atoms with Crippen LogP contribution in [0.15, 0.2) is 0 Å². The minimum absolute atomic E-state index is 0. The number of carboxylic acids is 2. The first kappa shape index (κ1) is 24.1. The van der Waals surface area contributed by atoms with Crippen molar-refractivity contribution >= 4 is 11.9 Å². The number of carboxylic acid groups (broad SMARTS) is 2. The van der Waals surface area contributed by atoms with E-state index in [0.29, 0.717) is 12.8 Å². The van der Waals surface area contributed by atoms with Gasteiger partial charge in [-0.15, -0.1) is 0 Å². The summed E-state index contributed by atoms with van der Waals surface area (Å²) in [5.41, 5.74) is 0. The standard InChI is InChI=1S/2C4H8O2.H2I.Na/c2*1-2-3-4(5)6;;/h2*2-3H2,1H3,(H,5,6);1H2;/q;;2*+1/p-2. The second-order valence-corrected chi connectivity index (χ2v) is 2.24. The summed E-state index contributed by atoms with van der Waals surface area (Å²) in [6, 6.07) is 0. The Morgan fingerprint density at radius 2 is 1.14 bits per heavy atom. The molecule has 0 aromatic rings. The molecule has 0 heterocycles. The van der Waals surface area contributed by atoms with Crippen molar-refractivity contribution in [1.82, 2.24) is 0 Å². The van der Waals surface area contributed by atoms with Gasteiger partial charge in [0, 0.05) is 11.9 Å². The minimum atomic E-state index is -0.961. The maximum absolute atomic E-state index is 9.49. The molecule has 0 unspecified atom stereocenters. The number of carbonyl (C=O) groups is 2. The van der Waals surface area contributed by atoms with Gasteiger partial charge in [-0.05, 0) is 12.8 Å². The van der Waals surface area contributed by atoms with Crippen LogP contribution in [-0.2, 0) is 9.59 Å². The smallest absolute Gasteiger partial charge is 0.550 e. The second kappa shape index (κ2) is 19.3. The van der Waals surface area contributed by atoms with E-state index < -0.39 is 11.9 Å². The van der Waals surface area contributed by atoms with Gasteiger partial charge in [0.25, 0.3) is 0 Å². The zero-order chi connectivity index (χ0) is 9.98. The Labute approximate surface area is 124 Å². The van der Waals surface area contributed by atoms with Gasteiger partial charge in [-0.2, -0.15) is 0 Å². The zero-order valence-corrected chi connectivity index (χ0v) is 13.5. The van der Waals surface area contributed by atoms with Crippen LogP contribution in [0.25, 0.3) is 0 Å². The topological polar surface area (TPSA) is 80.3 Å². The Morgan fingerprint density at radius 1 is 0.929 bits per heavy atom. The number of hydrogen-bond acceptors (Lipinski definition) is 4. The molecule has 0 aliphatic heterocycles. The Kier molecular flexibility index (Phi) is 33.2. The minimum Gasteiger partial charge on any atom is -0.550 e.